The molecular formula is C27H23N3O3. The van der Waals surface area contributed by atoms with Gasteiger partial charge in [-0.3, -0.25) is 9.59 Å². The Morgan fingerprint density at radius 1 is 0.848 bits per heavy atom. The maximum absolute atomic E-state index is 12.8. The number of carbonyl (C=O) groups is 2. The van der Waals surface area contributed by atoms with Crippen molar-refractivity contribution in [3.8, 4) is 5.75 Å². The molecule has 0 saturated carbocycles. The molecule has 0 fully saturated rings. The van der Waals surface area contributed by atoms with E-state index < -0.39 is 5.91 Å². The second-order valence-electron chi connectivity index (χ2n) is 7.67. The average molecular weight is 437 g/mol. The van der Waals surface area contributed by atoms with Crippen molar-refractivity contribution in [3.63, 3.8) is 0 Å². The summed E-state index contributed by atoms with van der Waals surface area (Å²) >= 11 is 0. The molecule has 0 spiro atoms. The topological polar surface area (TPSA) is 90.8 Å². The van der Waals surface area contributed by atoms with Crippen molar-refractivity contribution < 1.29 is 14.7 Å². The number of carbonyl (C=O) groups excluding carboxylic acids is 2. The van der Waals surface area contributed by atoms with Gasteiger partial charge >= 0.3 is 0 Å². The number of aryl methyl sites for hydroxylation is 1. The Morgan fingerprint density at radius 2 is 1.61 bits per heavy atom. The van der Waals surface area contributed by atoms with E-state index in [1.165, 1.54) is 6.07 Å². The largest absolute Gasteiger partial charge is 0.507 e. The van der Waals surface area contributed by atoms with Crippen LogP contribution >= 0.6 is 0 Å². The molecule has 2 amide bonds. The third-order valence-electron chi connectivity index (χ3n) is 5.39. The van der Waals surface area contributed by atoms with Gasteiger partial charge in [0.15, 0.2) is 0 Å². The van der Waals surface area contributed by atoms with E-state index in [0.717, 1.165) is 16.5 Å². The Morgan fingerprint density at radius 3 is 2.42 bits per heavy atom. The molecule has 0 atom stereocenters. The number of fused-ring (bicyclic) bond motifs is 1. The lowest BCUT2D eigenvalue weighted by atomic mass is 10.0. The van der Waals surface area contributed by atoms with Crippen LogP contribution < -0.4 is 10.7 Å². The lowest BCUT2D eigenvalue weighted by molar-refractivity contribution is 0.0953. The van der Waals surface area contributed by atoms with Gasteiger partial charge < -0.3 is 10.4 Å². The first-order valence-electron chi connectivity index (χ1n) is 10.5. The number of benzene rings is 4. The van der Waals surface area contributed by atoms with Gasteiger partial charge in [0.1, 0.15) is 5.75 Å². The molecule has 3 N–H and O–H groups in total. The molecule has 4 rings (SSSR count). The maximum atomic E-state index is 12.8. The summed E-state index contributed by atoms with van der Waals surface area (Å²) in [5.41, 5.74) is 6.10. The van der Waals surface area contributed by atoms with Crippen molar-refractivity contribution in [2.75, 3.05) is 5.32 Å². The van der Waals surface area contributed by atoms with Crippen LogP contribution in [-0.4, -0.2) is 22.6 Å². The Bertz CT molecular complexity index is 1390. The number of nitrogens with one attached hydrogen (secondary N) is 2. The van der Waals surface area contributed by atoms with Crippen LogP contribution in [0.2, 0.25) is 0 Å². The van der Waals surface area contributed by atoms with E-state index in [9.17, 15) is 14.7 Å². The first-order valence-corrected chi connectivity index (χ1v) is 10.5. The minimum atomic E-state index is -0.507. The number of rotatable bonds is 5. The Balaban J connectivity index is 1.52. The number of phenols is 1. The fraction of sp³-hybridized carbons (Fsp3) is 0.0741. The van der Waals surface area contributed by atoms with Crippen molar-refractivity contribution in [2.45, 2.75) is 13.8 Å². The molecule has 164 valence electrons. The standard InChI is InChI=1S/C27H23N3O3/c1-17-8-3-5-12-22(17)26(32)28-21-11-7-10-20(16-21)18(2)29-30-27(33)25-23-13-6-4-9-19(23)14-15-24(25)31/h3-16,31H,1-2H3,(H,28,32)(H,30,33). The van der Waals surface area contributed by atoms with Crippen LogP contribution in [0.5, 0.6) is 5.75 Å². The molecule has 0 radical (unpaired) electrons. The van der Waals surface area contributed by atoms with Gasteiger partial charge in [-0.15, -0.1) is 0 Å². The Labute approximate surface area is 191 Å². The van der Waals surface area contributed by atoms with E-state index in [0.29, 0.717) is 22.3 Å². The second-order valence-corrected chi connectivity index (χ2v) is 7.67. The van der Waals surface area contributed by atoms with Crippen LogP contribution in [-0.2, 0) is 0 Å². The van der Waals surface area contributed by atoms with Crippen molar-refractivity contribution in [2.24, 2.45) is 5.10 Å². The number of phenolic OH excluding ortho intramolecular Hbond substituents is 1. The van der Waals surface area contributed by atoms with Gasteiger partial charge in [-0.25, -0.2) is 5.43 Å². The van der Waals surface area contributed by atoms with E-state index in [2.05, 4.69) is 15.8 Å². The Hall–Kier alpha value is -4.45. The third-order valence-corrected chi connectivity index (χ3v) is 5.39. The molecule has 0 aliphatic carbocycles. The first kappa shape index (κ1) is 21.8. The molecule has 0 aliphatic heterocycles. The third kappa shape index (κ3) is 4.75. The highest BCUT2D eigenvalue weighted by molar-refractivity contribution is 6.10. The quantitative estimate of drug-likeness (QED) is 0.294. The van der Waals surface area contributed by atoms with Gasteiger partial charge in [0.25, 0.3) is 11.8 Å². The van der Waals surface area contributed by atoms with Gasteiger partial charge in [-0.2, -0.15) is 5.10 Å². The number of hydrogen-bond donors (Lipinski definition) is 3. The van der Waals surface area contributed by atoms with Crippen LogP contribution in [0.3, 0.4) is 0 Å². The average Bonchev–Trinajstić information content (AvgIpc) is 2.82. The molecule has 0 bridgehead atoms. The van der Waals surface area contributed by atoms with E-state index in [-0.39, 0.29) is 17.2 Å². The molecule has 0 aliphatic rings. The number of hydrazone groups is 1. The summed E-state index contributed by atoms with van der Waals surface area (Å²) < 4.78 is 0. The van der Waals surface area contributed by atoms with Gasteiger partial charge in [0, 0.05) is 11.3 Å². The van der Waals surface area contributed by atoms with E-state index in [1.54, 1.807) is 43.3 Å². The highest BCUT2D eigenvalue weighted by Gasteiger charge is 2.15. The normalized spacial score (nSPS) is 11.3. The summed E-state index contributed by atoms with van der Waals surface area (Å²) in [5.74, 6) is -0.813. The maximum Gasteiger partial charge on any atom is 0.275 e. The summed E-state index contributed by atoms with van der Waals surface area (Å²) in [6.07, 6.45) is 0. The number of anilines is 1. The SMILES string of the molecule is CC(=NNC(=O)c1c(O)ccc2ccccc12)c1cccc(NC(=O)c2ccccc2C)c1. The minimum Gasteiger partial charge on any atom is -0.507 e. The lowest BCUT2D eigenvalue weighted by Gasteiger charge is -2.10. The smallest absolute Gasteiger partial charge is 0.275 e. The van der Waals surface area contributed by atoms with Crippen molar-refractivity contribution in [1.29, 1.82) is 0 Å². The molecule has 6 nitrogen and oxygen atoms in total. The van der Waals surface area contributed by atoms with E-state index in [1.807, 2.05) is 49.4 Å². The fourth-order valence-corrected chi connectivity index (χ4v) is 3.60. The molecule has 0 aromatic heterocycles. The van der Waals surface area contributed by atoms with Gasteiger partial charge in [0.05, 0.1) is 11.3 Å². The molecule has 0 unspecified atom stereocenters. The number of hydrogen-bond acceptors (Lipinski definition) is 4. The van der Waals surface area contributed by atoms with Gasteiger partial charge in [-0.1, -0.05) is 60.7 Å². The highest BCUT2D eigenvalue weighted by Crippen LogP contribution is 2.27. The molecule has 0 heterocycles. The summed E-state index contributed by atoms with van der Waals surface area (Å²) in [5, 5.41) is 18.8. The van der Waals surface area contributed by atoms with Crippen LogP contribution in [0.1, 0.15) is 38.8 Å². The van der Waals surface area contributed by atoms with E-state index >= 15 is 0 Å². The first-order chi connectivity index (χ1) is 15.9. The molecule has 0 saturated heterocycles. The van der Waals surface area contributed by atoms with Crippen molar-refractivity contribution in [1.82, 2.24) is 5.43 Å². The van der Waals surface area contributed by atoms with E-state index in [4.69, 9.17) is 0 Å². The van der Waals surface area contributed by atoms with Crippen molar-refractivity contribution >= 4 is 34.0 Å². The van der Waals surface area contributed by atoms with Crippen LogP contribution in [0.4, 0.5) is 5.69 Å². The monoisotopic (exact) mass is 437 g/mol. The summed E-state index contributed by atoms with van der Waals surface area (Å²) in [6, 6.07) is 25.2. The molecule has 33 heavy (non-hydrogen) atoms. The summed E-state index contributed by atoms with van der Waals surface area (Å²) in [4.78, 5) is 25.4. The predicted molar refractivity (Wildman–Crippen MR) is 131 cm³/mol. The Kier molecular flexibility index (Phi) is 6.17. The van der Waals surface area contributed by atoms with Crippen LogP contribution in [0, 0.1) is 6.92 Å². The predicted octanol–water partition coefficient (Wildman–Crippen LogP) is 5.26. The van der Waals surface area contributed by atoms with Crippen molar-refractivity contribution in [3.05, 3.63) is 107 Å². The molecule has 4 aromatic carbocycles. The molecular weight excluding hydrogens is 414 g/mol. The van der Waals surface area contributed by atoms with Gasteiger partial charge in [-0.05, 0) is 60.0 Å². The zero-order valence-electron chi connectivity index (χ0n) is 18.3. The van der Waals surface area contributed by atoms with Gasteiger partial charge in [0.2, 0.25) is 0 Å². The lowest BCUT2D eigenvalue weighted by Crippen LogP contribution is -2.20. The number of amides is 2. The second kappa shape index (κ2) is 9.36. The fourth-order valence-electron chi connectivity index (χ4n) is 3.60. The zero-order chi connectivity index (χ0) is 23.4. The number of nitrogens with zero attached hydrogens (tertiary/aromatic N) is 1. The highest BCUT2D eigenvalue weighted by atomic mass is 16.3. The zero-order valence-corrected chi connectivity index (χ0v) is 18.3. The van der Waals surface area contributed by atoms with Crippen LogP contribution in [0.15, 0.2) is 90.0 Å². The molecule has 6 heteroatoms. The van der Waals surface area contributed by atoms with Crippen LogP contribution in [0.25, 0.3) is 10.8 Å². The summed E-state index contributed by atoms with van der Waals surface area (Å²) in [7, 11) is 0. The molecule has 4 aromatic rings. The minimum absolute atomic E-state index is 0.111. The number of aromatic hydroxyl groups is 1. The summed E-state index contributed by atoms with van der Waals surface area (Å²) in [6.45, 7) is 3.64.